The zero-order valence-electron chi connectivity index (χ0n) is 11.9. The highest BCUT2D eigenvalue weighted by Gasteiger charge is 2.08. The fourth-order valence-corrected chi connectivity index (χ4v) is 3.40. The molecule has 104 valence electrons. The van der Waals surface area contributed by atoms with E-state index in [1.165, 1.54) is 27.0 Å². The molecule has 0 amide bonds. The van der Waals surface area contributed by atoms with Gasteiger partial charge in [0, 0.05) is 41.5 Å². The van der Waals surface area contributed by atoms with Crippen LogP contribution in [0.5, 0.6) is 0 Å². The van der Waals surface area contributed by atoms with Gasteiger partial charge >= 0.3 is 0 Å². The summed E-state index contributed by atoms with van der Waals surface area (Å²) < 4.78 is 2.36. The van der Waals surface area contributed by atoms with Crippen LogP contribution < -0.4 is 5.32 Å². The number of rotatable bonds is 5. The van der Waals surface area contributed by atoms with Gasteiger partial charge in [-0.1, -0.05) is 18.2 Å². The average molecular weight is 285 g/mol. The zero-order chi connectivity index (χ0) is 13.9. The van der Waals surface area contributed by atoms with Gasteiger partial charge in [0.25, 0.3) is 0 Å². The molecule has 0 bridgehead atoms. The maximum atomic E-state index is 4.33. The third-order valence-electron chi connectivity index (χ3n) is 3.66. The summed E-state index contributed by atoms with van der Waals surface area (Å²) in [6.07, 6.45) is 3.33. The quantitative estimate of drug-likeness (QED) is 0.779. The largest absolute Gasteiger partial charge is 0.347 e. The first-order valence-electron chi connectivity index (χ1n) is 6.90. The topological polar surface area (TPSA) is 29.9 Å². The summed E-state index contributed by atoms with van der Waals surface area (Å²) in [6.45, 7) is 4.01. The predicted molar refractivity (Wildman–Crippen MR) is 85.3 cm³/mol. The summed E-state index contributed by atoms with van der Waals surface area (Å²) in [4.78, 5) is 5.71. The van der Waals surface area contributed by atoms with Gasteiger partial charge in [-0.25, -0.2) is 4.98 Å². The molecule has 0 unspecified atom stereocenters. The molecule has 4 heteroatoms. The molecule has 3 rings (SSSR count). The number of nitrogens with one attached hydrogen (secondary N) is 1. The Bertz CT molecular complexity index is 711. The molecule has 0 aliphatic heterocycles. The monoisotopic (exact) mass is 285 g/mol. The summed E-state index contributed by atoms with van der Waals surface area (Å²) in [6, 6.07) is 8.63. The fraction of sp³-hybridized carbons (Fsp3) is 0.312. The van der Waals surface area contributed by atoms with Crippen LogP contribution in [0, 0.1) is 6.92 Å². The first-order chi connectivity index (χ1) is 9.79. The molecule has 1 aromatic carbocycles. The summed E-state index contributed by atoms with van der Waals surface area (Å²) in [5.41, 5.74) is 5.79. The summed E-state index contributed by atoms with van der Waals surface area (Å²) >= 11 is 1.75. The lowest BCUT2D eigenvalue weighted by Gasteiger charge is -2.04. The van der Waals surface area contributed by atoms with Gasteiger partial charge in [-0.15, -0.1) is 11.3 Å². The third-order valence-corrected chi connectivity index (χ3v) is 4.66. The van der Waals surface area contributed by atoms with Crippen molar-refractivity contribution >= 4 is 22.2 Å². The molecule has 0 spiro atoms. The highest BCUT2D eigenvalue weighted by atomic mass is 32.1. The van der Waals surface area contributed by atoms with Crippen LogP contribution >= 0.6 is 11.3 Å². The van der Waals surface area contributed by atoms with Crippen molar-refractivity contribution in [2.24, 2.45) is 0 Å². The second-order valence-corrected chi connectivity index (χ2v) is 5.95. The number of nitrogens with zero attached hydrogens (tertiary/aromatic N) is 2. The lowest BCUT2D eigenvalue weighted by Crippen LogP contribution is -2.04. The van der Waals surface area contributed by atoms with Crippen LogP contribution in [0.3, 0.4) is 0 Å². The van der Waals surface area contributed by atoms with E-state index in [-0.39, 0.29) is 0 Å². The van der Waals surface area contributed by atoms with Crippen molar-refractivity contribution in [1.82, 2.24) is 14.9 Å². The van der Waals surface area contributed by atoms with E-state index in [2.05, 4.69) is 52.3 Å². The Kier molecular flexibility index (Phi) is 3.85. The molecule has 0 aliphatic carbocycles. The number of para-hydroxylation sites is 1. The summed E-state index contributed by atoms with van der Waals surface area (Å²) in [5, 5.41) is 4.60. The van der Waals surface area contributed by atoms with Crippen LogP contribution in [-0.2, 0) is 19.5 Å². The SMILES string of the molecule is CNCc1cn(CCc2scnc2C)c2ccccc12. The van der Waals surface area contributed by atoms with Crippen molar-refractivity contribution in [2.75, 3.05) is 7.05 Å². The molecule has 0 radical (unpaired) electrons. The standard InChI is InChI=1S/C16H19N3S/c1-12-16(20-11-18-12)7-8-19-10-13(9-17-2)14-5-3-4-6-15(14)19/h3-6,10-11,17H,7-9H2,1-2H3. The zero-order valence-corrected chi connectivity index (χ0v) is 12.7. The van der Waals surface area contributed by atoms with E-state index in [9.17, 15) is 0 Å². The minimum Gasteiger partial charge on any atom is -0.347 e. The van der Waals surface area contributed by atoms with Crippen LogP contribution in [0.15, 0.2) is 36.0 Å². The molecule has 3 aromatic rings. The average Bonchev–Trinajstić information content (AvgIpc) is 3.02. The molecule has 1 N–H and O–H groups in total. The Morgan fingerprint density at radius 3 is 2.90 bits per heavy atom. The molecular weight excluding hydrogens is 266 g/mol. The van der Waals surface area contributed by atoms with Gasteiger partial charge in [-0.05, 0) is 25.6 Å². The van der Waals surface area contributed by atoms with Crippen molar-refractivity contribution in [3.8, 4) is 0 Å². The minimum absolute atomic E-state index is 0.910. The number of thiazole rings is 1. The molecular formula is C16H19N3S. The van der Waals surface area contributed by atoms with Crippen LogP contribution in [0.1, 0.15) is 16.1 Å². The van der Waals surface area contributed by atoms with Crippen molar-refractivity contribution in [3.63, 3.8) is 0 Å². The first kappa shape index (κ1) is 13.3. The van der Waals surface area contributed by atoms with Gasteiger partial charge in [0.05, 0.1) is 11.2 Å². The Morgan fingerprint density at radius 1 is 1.30 bits per heavy atom. The number of aromatic nitrogens is 2. The second-order valence-electron chi connectivity index (χ2n) is 5.01. The molecule has 20 heavy (non-hydrogen) atoms. The Hall–Kier alpha value is -1.65. The lowest BCUT2D eigenvalue weighted by atomic mass is 10.2. The predicted octanol–water partition coefficient (Wildman–Crippen LogP) is 3.37. The van der Waals surface area contributed by atoms with Gasteiger partial charge in [0.1, 0.15) is 0 Å². The van der Waals surface area contributed by atoms with Crippen LogP contribution in [0.4, 0.5) is 0 Å². The van der Waals surface area contributed by atoms with Crippen LogP contribution in [-0.4, -0.2) is 16.6 Å². The molecule has 0 fully saturated rings. The van der Waals surface area contributed by atoms with Gasteiger partial charge in [0.15, 0.2) is 0 Å². The van der Waals surface area contributed by atoms with Crippen LogP contribution in [0.2, 0.25) is 0 Å². The van der Waals surface area contributed by atoms with Gasteiger partial charge in [0.2, 0.25) is 0 Å². The Morgan fingerprint density at radius 2 is 2.15 bits per heavy atom. The highest BCUT2D eigenvalue weighted by Crippen LogP contribution is 2.22. The van der Waals surface area contributed by atoms with Crippen molar-refractivity contribution in [2.45, 2.75) is 26.4 Å². The lowest BCUT2D eigenvalue weighted by molar-refractivity contribution is 0.718. The van der Waals surface area contributed by atoms with E-state index < -0.39 is 0 Å². The van der Waals surface area contributed by atoms with Gasteiger partial charge in [-0.2, -0.15) is 0 Å². The molecule has 0 saturated heterocycles. The molecule has 0 saturated carbocycles. The number of aryl methyl sites for hydroxylation is 3. The van der Waals surface area contributed by atoms with E-state index >= 15 is 0 Å². The van der Waals surface area contributed by atoms with Crippen LogP contribution in [0.25, 0.3) is 10.9 Å². The van der Waals surface area contributed by atoms with E-state index in [0.29, 0.717) is 0 Å². The number of benzene rings is 1. The minimum atomic E-state index is 0.910. The smallest absolute Gasteiger partial charge is 0.0797 e. The van der Waals surface area contributed by atoms with E-state index in [4.69, 9.17) is 0 Å². The maximum Gasteiger partial charge on any atom is 0.0797 e. The number of hydrogen-bond acceptors (Lipinski definition) is 3. The second kappa shape index (κ2) is 5.77. The van der Waals surface area contributed by atoms with Gasteiger partial charge in [-0.3, -0.25) is 0 Å². The van der Waals surface area contributed by atoms with Gasteiger partial charge < -0.3 is 9.88 Å². The van der Waals surface area contributed by atoms with Crippen molar-refractivity contribution < 1.29 is 0 Å². The number of fused-ring (bicyclic) bond motifs is 1. The third kappa shape index (κ3) is 2.49. The maximum absolute atomic E-state index is 4.33. The highest BCUT2D eigenvalue weighted by molar-refractivity contribution is 7.09. The van der Waals surface area contributed by atoms with E-state index in [0.717, 1.165) is 19.5 Å². The molecule has 2 heterocycles. The molecule has 0 atom stereocenters. The molecule has 0 aliphatic rings. The molecule has 2 aromatic heterocycles. The Labute approximate surface area is 123 Å². The number of hydrogen-bond donors (Lipinski definition) is 1. The van der Waals surface area contributed by atoms with Crippen molar-refractivity contribution in [3.05, 3.63) is 52.1 Å². The summed E-state index contributed by atoms with van der Waals surface area (Å²) in [7, 11) is 1.99. The normalized spacial score (nSPS) is 11.3. The van der Waals surface area contributed by atoms with E-state index in [1.807, 2.05) is 12.6 Å². The first-order valence-corrected chi connectivity index (χ1v) is 7.78. The summed E-state index contributed by atoms with van der Waals surface area (Å²) in [5.74, 6) is 0. The van der Waals surface area contributed by atoms with Crippen molar-refractivity contribution in [1.29, 1.82) is 0 Å². The Balaban J connectivity index is 1.89. The fourth-order valence-electron chi connectivity index (χ4n) is 2.63. The molecule has 3 nitrogen and oxygen atoms in total. The van der Waals surface area contributed by atoms with E-state index in [1.54, 1.807) is 11.3 Å².